The van der Waals surface area contributed by atoms with E-state index < -0.39 is 21.8 Å². The Bertz CT molecular complexity index is 1470. The number of amides is 1. The number of alkyl halides is 3. The number of fused-ring (bicyclic) bond motifs is 1. The number of nitrogens with zero attached hydrogens (tertiary/aromatic N) is 1. The summed E-state index contributed by atoms with van der Waals surface area (Å²) in [7, 11) is -2.20. The number of anilines is 2. The molecule has 0 aromatic heterocycles. The lowest BCUT2D eigenvalue weighted by Gasteiger charge is -2.29. The van der Waals surface area contributed by atoms with Gasteiger partial charge in [-0.15, -0.1) is 0 Å². The highest BCUT2D eigenvalue weighted by atomic mass is 32.2. The van der Waals surface area contributed by atoms with Crippen LogP contribution in [0.1, 0.15) is 21.5 Å². The van der Waals surface area contributed by atoms with E-state index in [9.17, 15) is 31.5 Å². The van der Waals surface area contributed by atoms with Crippen molar-refractivity contribution in [2.24, 2.45) is 0 Å². The third-order valence-electron chi connectivity index (χ3n) is 5.94. The van der Waals surface area contributed by atoms with Crippen molar-refractivity contribution in [3.8, 4) is 22.6 Å². The monoisotopic (exact) mass is 550 g/mol. The molecular weight excluding hydrogens is 525 g/mol. The number of carbonyl (C=O) groups is 1. The molecule has 8 nitrogen and oxygen atoms in total. The summed E-state index contributed by atoms with van der Waals surface area (Å²) in [5.74, 6) is -0.567. The summed E-state index contributed by atoms with van der Waals surface area (Å²) in [5.41, 5.74) is 1.65. The average Bonchev–Trinajstić information content (AvgIpc) is 2.84. The van der Waals surface area contributed by atoms with E-state index in [1.165, 1.54) is 36.3 Å². The number of sulfonamides is 1. The molecule has 1 aliphatic rings. The second-order valence-electron chi connectivity index (χ2n) is 8.70. The van der Waals surface area contributed by atoms with Crippen molar-refractivity contribution in [2.75, 3.05) is 42.7 Å². The molecule has 0 unspecified atom stereocenters. The van der Waals surface area contributed by atoms with E-state index in [0.717, 1.165) is 18.4 Å². The van der Waals surface area contributed by atoms with Gasteiger partial charge >= 0.3 is 6.18 Å². The Morgan fingerprint density at radius 1 is 1.03 bits per heavy atom. The number of rotatable bonds is 8. The predicted octanol–water partition coefficient (Wildman–Crippen LogP) is 4.68. The van der Waals surface area contributed by atoms with Gasteiger partial charge in [0.1, 0.15) is 18.1 Å². The van der Waals surface area contributed by atoms with Gasteiger partial charge in [-0.25, -0.2) is 8.42 Å². The first kappa shape index (κ1) is 27.3. The smallest absolute Gasteiger partial charge is 0.416 e. The molecule has 3 aromatic carbocycles. The van der Waals surface area contributed by atoms with Crippen LogP contribution < -0.4 is 14.4 Å². The van der Waals surface area contributed by atoms with Crippen LogP contribution in [0.25, 0.3) is 11.1 Å². The van der Waals surface area contributed by atoms with Gasteiger partial charge in [0.05, 0.1) is 24.1 Å². The van der Waals surface area contributed by atoms with E-state index in [1.807, 2.05) is 0 Å². The summed E-state index contributed by atoms with van der Waals surface area (Å²) < 4.78 is 75.9. The van der Waals surface area contributed by atoms with Crippen molar-refractivity contribution in [2.45, 2.75) is 12.6 Å². The van der Waals surface area contributed by atoms with Crippen LogP contribution in [0.15, 0.2) is 54.6 Å². The molecule has 2 N–H and O–H groups in total. The Hall–Kier alpha value is -3.77. The Morgan fingerprint density at radius 2 is 1.76 bits per heavy atom. The van der Waals surface area contributed by atoms with Crippen LogP contribution in [-0.2, 0) is 27.4 Å². The van der Waals surface area contributed by atoms with Crippen molar-refractivity contribution in [1.29, 1.82) is 0 Å². The second-order valence-corrected chi connectivity index (χ2v) is 10.5. The molecule has 0 aliphatic carbocycles. The maximum atomic E-state index is 13.3. The van der Waals surface area contributed by atoms with Crippen molar-refractivity contribution in [3.05, 3.63) is 71.3 Å². The number of methoxy groups -OCH3 is 1. The van der Waals surface area contributed by atoms with Gasteiger partial charge < -0.3 is 19.5 Å². The number of carbonyl (C=O) groups excluding carboxylic acids is 1. The molecule has 0 saturated carbocycles. The van der Waals surface area contributed by atoms with Crippen molar-refractivity contribution < 1.29 is 41.0 Å². The Balaban J connectivity index is 1.65. The molecule has 0 atom stereocenters. The minimum atomic E-state index is -4.53. The van der Waals surface area contributed by atoms with E-state index in [-0.39, 0.29) is 42.9 Å². The van der Waals surface area contributed by atoms with E-state index >= 15 is 0 Å². The lowest BCUT2D eigenvalue weighted by molar-refractivity contribution is -0.137. The topological polar surface area (TPSA) is 105 Å². The highest BCUT2D eigenvalue weighted by Crippen LogP contribution is 2.39. The Labute approximate surface area is 217 Å². The first-order chi connectivity index (χ1) is 17.9. The summed E-state index contributed by atoms with van der Waals surface area (Å²) >= 11 is 0. The van der Waals surface area contributed by atoms with Crippen molar-refractivity contribution >= 4 is 27.3 Å². The van der Waals surface area contributed by atoms with Crippen LogP contribution in [0, 0.1) is 0 Å². The molecule has 202 valence electrons. The normalized spacial score (nSPS) is 13.8. The highest BCUT2D eigenvalue weighted by Gasteiger charge is 2.32. The van der Waals surface area contributed by atoms with Crippen molar-refractivity contribution in [3.63, 3.8) is 0 Å². The van der Waals surface area contributed by atoms with Gasteiger partial charge in [0.2, 0.25) is 10.0 Å². The van der Waals surface area contributed by atoms with E-state index in [4.69, 9.17) is 9.47 Å². The maximum Gasteiger partial charge on any atom is 0.416 e. The van der Waals surface area contributed by atoms with Gasteiger partial charge in [0.25, 0.3) is 5.91 Å². The van der Waals surface area contributed by atoms with Crippen LogP contribution in [0.5, 0.6) is 11.5 Å². The van der Waals surface area contributed by atoms with Gasteiger partial charge in [0.15, 0.2) is 0 Å². The quantitative estimate of drug-likeness (QED) is 0.312. The number of phenols is 1. The summed E-state index contributed by atoms with van der Waals surface area (Å²) in [6, 6.07) is 12.4. The fraction of sp³-hybridized carbons (Fsp3) is 0.269. The molecule has 0 bridgehead atoms. The Morgan fingerprint density at radius 3 is 2.45 bits per heavy atom. The van der Waals surface area contributed by atoms with Crippen molar-refractivity contribution in [1.82, 2.24) is 0 Å². The minimum absolute atomic E-state index is 0.0515. The van der Waals surface area contributed by atoms with Crippen LogP contribution in [0.2, 0.25) is 0 Å². The van der Waals surface area contributed by atoms with Gasteiger partial charge in [-0.2, -0.15) is 13.2 Å². The first-order valence-electron chi connectivity index (χ1n) is 11.5. The third kappa shape index (κ3) is 6.03. The summed E-state index contributed by atoms with van der Waals surface area (Å²) in [4.78, 5) is 14.8. The molecule has 0 radical (unpaired) electrons. The molecule has 12 heteroatoms. The highest BCUT2D eigenvalue weighted by molar-refractivity contribution is 7.92. The van der Waals surface area contributed by atoms with E-state index in [2.05, 4.69) is 4.72 Å². The fourth-order valence-electron chi connectivity index (χ4n) is 4.17. The standard InChI is InChI=1S/C26H25F3N2O6S/c1-36-11-12-37-24-14-18(26(27,28)29)4-7-20(24)16-3-6-21-17(13-16)9-10-31(25(21)33)19-5-8-23(32)22(15-19)30-38(2,34)35/h3-8,13-15,30,32H,9-12H2,1-2H3. The first-order valence-corrected chi connectivity index (χ1v) is 13.4. The number of ether oxygens (including phenoxy) is 2. The van der Waals surface area contributed by atoms with Crippen LogP contribution >= 0.6 is 0 Å². The zero-order valence-electron chi connectivity index (χ0n) is 20.5. The largest absolute Gasteiger partial charge is 0.506 e. The van der Waals surface area contributed by atoms with Crippen LogP contribution in [0.3, 0.4) is 0 Å². The molecule has 1 amide bonds. The zero-order valence-corrected chi connectivity index (χ0v) is 21.3. The summed E-state index contributed by atoms with van der Waals surface area (Å²) in [6.07, 6.45) is -3.15. The molecular formula is C26H25F3N2O6S. The zero-order chi connectivity index (χ0) is 27.7. The van der Waals surface area contributed by atoms with Gasteiger partial charge in [-0.3, -0.25) is 9.52 Å². The average molecular weight is 551 g/mol. The lowest BCUT2D eigenvalue weighted by Crippen LogP contribution is -2.37. The molecule has 0 saturated heterocycles. The molecule has 4 rings (SSSR count). The Kier molecular flexibility index (Phi) is 7.56. The molecule has 38 heavy (non-hydrogen) atoms. The molecule has 0 spiro atoms. The van der Waals surface area contributed by atoms with Gasteiger partial charge in [-0.05, 0) is 53.9 Å². The van der Waals surface area contributed by atoms with E-state index in [1.54, 1.807) is 18.2 Å². The number of hydrogen-bond acceptors (Lipinski definition) is 6. The third-order valence-corrected chi connectivity index (χ3v) is 6.53. The summed E-state index contributed by atoms with van der Waals surface area (Å²) in [6.45, 7) is 0.525. The maximum absolute atomic E-state index is 13.3. The number of halogens is 3. The number of benzene rings is 3. The van der Waals surface area contributed by atoms with Gasteiger partial charge in [0, 0.05) is 30.5 Å². The second kappa shape index (κ2) is 10.5. The molecule has 1 heterocycles. The molecule has 0 fully saturated rings. The van der Waals surface area contributed by atoms with Crippen LogP contribution in [-0.4, -0.2) is 52.6 Å². The molecule has 3 aromatic rings. The number of nitrogens with one attached hydrogen (secondary N) is 1. The van der Waals surface area contributed by atoms with Crippen LogP contribution in [0.4, 0.5) is 24.5 Å². The SMILES string of the molecule is COCCOc1cc(C(F)(F)F)ccc1-c1ccc2c(c1)CCN(c1ccc(O)c(NS(C)(=O)=O)c1)C2=O. The fourth-order valence-corrected chi connectivity index (χ4v) is 4.73. The van der Waals surface area contributed by atoms with Gasteiger partial charge in [-0.1, -0.05) is 18.2 Å². The number of aromatic hydroxyl groups is 1. The predicted molar refractivity (Wildman–Crippen MR) is 136 cm³/mol. The van der Waals surface area contributed by atoms with E-state index in [0.29, 0.717) is 34.4 Å². The number of phenolic OH excluding ortho intramolecular Hbond substituents is 1. The number of hydrogen-bond donors (Lipinski definition) is 2. The molecule has 1 aliphatic heterocycles. The lowest BCUT2D eigenvalue weighted by atomic mass is 9.93. The minimum Gasteiger partial charge on any atom is -0.506 e. The summed E-state index contributed by atoms with van der Waals surface area (Å²) in [5, 5.41) is 10.0.